The van der Waals surface area contributed by atoms with Gasteiger partial charge in [0.1, 0.15) is 0 Å². The summed E-state index contributed by atoms with van der Waals surface area (Å²) in [7, 11) is 0. The van der Waals surface area contributed by atoms with Crippen molar-refractivity contribution in [2.24, 2.45) is 0 Å². The molecule has 0 aromatic carbocycles. The second kappa shape index (κ2) is 6.92. The maximum Gasteiger partial charge on any atom is 0.0566 e. The van der Waals surface area contributed by atoms with Crippen molar-refractivity contribution in [3.05, 3.63) is 45.9 Å². The van der Waals surface area contributed by atoms with Crippen LogP contribution >= 0.6 is 11.3 Å². The highest BCUT2D eigenvalue weighted by Crippen LogP contribution is 2.21. The van der Waals surface area contributed by atoms with E-state index in [9.17, 15) is 0 Å². The van der Waals surface area contributed by atoms with Gasteiger partial charge in [-0.1, -0.05) is 13.8 Å². The number of rotatable bonds is 7. The van der Waals surface area contributed by atoms with E-state index < -0.39 is 0 Å². The van der Waals surface area contributed by atoms with E-state index in [1.807, 2.05) is 11.3 Å². The summed E-state index contributed by atoms with van der Waals surface area (Å²) >= 11 is 1.93. The van der Waals surface area contributed by atoms with E-state index in [0.717, 1.165) is 19.5 Å². The lowest BCUT2D eigenvalue weighted by molar-refractivity contribution is 0.535. The van der Waals surface area contributed by atoms with Crippen molar-refractivity contribution >= 4 is 11.3 Å². The minimum Gasteiger partial charge on any atom is -0.345 e. The van der Waals surface area contributed by atoms with Crippen LogP contribution in [-0.4, -0.2) is 11.1 Å². The molecule has 0 aliphatic rings. The molecule has 0 fully saturated rings. The molecule has 2 aromatic heterocycles. The van der Waals surface area contributed by atoms with Crippen LogP contribution in [0, 0.1) is 0 Å². The Balaban J connectivity index is 2.06. The first-order chi connectivity index (χ1) is 9.24. The molecule has 0 bridgehead atoms. The third-order valence-electron chi connectivity index (χ3n) is 3.40. The summed E-state index contributed by atoms with van der Waals surface area (Å²) in [5.74, 6) is 0. The number of hydrogen-bond donors (Lipinski definition) is 1. The summed E-state index contributed by atoms with van der Waals surface area (Å²) in [6.45, 7) is 8.73. The average molecular weight is 276 g/mol. The first-order valence-electron chi connectivity index (χ1n) is 7.20. The van der Waals surface area contributed by atoms with E-state index in [1.165, 1.54) is 21.9 Å². The molecule has 0 aliphatic carbocycles. The summed E-state index contributed by atoms with van der Waals surface area (Å²) in [5, 5.41) is 3.56. The van der Waals surface area contributed by atoms with Gasteiger partial charge >= 0.3 is 0 Å². The van der Waals surface area contributed by atoms with Crippen LogP contribution < -0.4 is 5.32 Å². The molecule has 1 unspecified atom stereocenters. The molecule has 1 N–H and O–H groups in total. The highest BCUT2D eigenvalue weighted by atomic mass is 32.1. The monoisotopic (exact) mass is 276 g/mol. The van der Waals surface area contributed by atoms with Gasteiger partial charge in [-0.05, 0) is 50.6 Å². The van der Waals surface area contributed by atoms with Crippen LogP contribution in [0.15, 0.2) is 30.5 Å². The van der Waals surface area contributed by atoms with Gasteiger partial charge in [0.25, 0.3) is 0 Å². The van der Waals surface area contributed by atoms with Crippen LogP contribution in [0.2, 0.25) is 0 Å². The largest absolute Gasteiger partial charge is 0.345 e. The molecule has 2 rings (SSSR count). The Morgan fingerprint density at radius 3 is 2.68 bits per heavy atom. The van der Waals surface area contributed by atoms with Crippen molar-refractivity contribution in [1.82, 2.24) is 9.88 Å². The van der Waals surface area contributed by atoms with Crippen LogP contribution in [0.25, 0.3) is 0 Å². The Bertz CT molecular complexity index is 498. The Morgan fingerprint density at radius 1 is 1.21 bits per heavy atom. The van der Waals surface area contributed by atoms with Gasteiger partial charge in [0.05, 0.1) is 6.54 Å². The smallest absolute Gasteiger partial charge is 0.0566 e. The number of nitrogens with one attached hydrogen (secondary N) is 1. The van der Waals surface area contributed by atoms with E-state index in [0.29, 0.717) is 6.04 Å². The number of aryl methyl sites for hydroxylation is 1. The fraction of sp³-hybridized carbons (Fsp3) is 0.500. The molecule has 2 aromatic rings. The summed E-state index contributed by atoms with van der Waals surface area (Å²) in [6.07, 6.45) is 4.50. The minimum absolute atomic E-state index is 0.417. The van der Waals surface area contributed by atoms with Crippen LogP contribution in [0.1, 0.15) is 48.7 Å². The third-order valence-corrected chi connectivity index (χ3v) is 4.62. The van der Waals surface area contributed by atoms with E-state index in [-0.39, 0.29) is 0 Å². The molecule has 1 atom stereocenters. The molecule has 0 saturated heterocycles. The summed E-state index contributed by atoms with van der Waals surface area (Å²) in [5.41, 5.74) is 1.37. The first kappa shape index (κ1) is 14.4. The zero-order chi connectivity index (χ0) is 13.7. The maximum atomic E-state index is 3.56. The topological polar surface area (TPSA) is 17.0 Å². The molecular formula is C16H24N2S. The molecule has 3 heteroatoms. The fourth-order valence-electron chi connectivity index (χ4n) is 2.30. The fourth-order valence-corrected chi connectivity index (χ4v) is 3.25. The molecule has 0 saturated carbocycles. The second-order valence-electron chi connectivity index (χ2n) is 4.96. The average Bonchev–Trinajstić information content (AvgIpc) is 3.05. The van der Waals surface area contributed by atoms with Crippen LogP contribution in [-0.2, 0) is 13.0 Å². The van der Waals surface area contributed by atoms with Crippen LogP contribution in [0.3, 0.4) is 0 Å². The molecular weight excluding hydrogens is 252 g/mol. The van der Waals surface area contributed by atoms with Crippen molar-refractivity contribution in [3.8, 4) is 0 Å². The SMILES string of the molecule is CCCNC(C)c1cccn1Cc1ccc(CC)s1. The third kappa shape index (κ3) is 3.71. The molecule has 104 valence electrons. The van der Waals surface area contributed by atoms with Gasteiger partial charge in [0.15, 0.2) is 0 Å². The first-order valence-corrected chi connectivity index (χ1v) is 8.02. The number of aromatic nitrogens is 1. The number of hydrogen-bond acceptors (Lipinski definition) is 2. The standard InChI is InChI=1S/C16H24N2S/c1-4-10-17-13(3)16-7-6-11-18(16)12-15-9-8-14(5-2)19-15/h6-9,11,13,17H,4-5,10,12H2,1-3H3. The predicted molar refractivity (Wildman–Crippen MR) is 83.9 cm³/mol. The summed E-state index contributed by atoms with van der Waals surface area (Å²) in [4.78, 5) is 2.91. The van der Waals surface area contributed by atoms with Gasteiger partial charge in [-0.25, -0.2) is 0 Å². The van der Waals surface area contributed by atoms with Gasteiger partial charge < -0.3 is 9.88 Å². The van der Waals surface area contributed by atoms with E-state index in [1.54, 1.807) is 0 Å². The quantitative estimate of drug-likeness (QED) is 0.801. The van der Waals surface area contributed by atoms with Crippen LogP contribution in [0.5, 0.6) is 0 Å². The molecule has 0 amide bonds. The van der Waals surface area contributed by atoms with Crippen molar-refractivity contribution < 1.29 is 0 Å². The van der Waals surface area contributed by atoms with Crippen molar-refractivity contribution in [3.63, 3.8) is 0 Å². The van der Waals surface area contributed by atoms with Crippen molar-refractivity contribution in [1.29, 1.82) is 0 Å². The zero-order valence-electron chi connectivity index (χ0n) is 12.1. The van der Waals surface area contributed by atoms with Crippen molar-refractivity contribution in [2.75, 3.05) is 6.54 Å². The molecule has 19 heavy (non-hydrogen) atoms. The Labute approximate surface area is 120 Å². The van der Waals surface area contributed by atoms with E-state index >= 15 is 0 Å². The van der Waals surface area contributed by atoms with Gasteiger partial charge in [-0.15, -0.1) is 11.3 Å². The minimum atomic E-state index is 0.417. The molecule has 0 aliphatic heterocycles. The Morgan fingerprint density at radius 2 is 2.00 bits per heavy atom. The van der Waals surface area contributed by atoms with Crippen molar-refractivity contribution in [2.45, 2.75) is 46.2 Å². The molecule has 2 heterocycles. The Kier molecular flexibility index (Phi) is 5.23. The molecule has 2 nitrogen and oxygen atoms in total. The second-order valence-corrected chi connectivity index (χ2v) is 6.21. The normalized spacial score (nSPS) is 12.8. The lowest BCUT2D eigenvalue weighted by atomic mass is 10.2. The van der Waals surface area contributed by atoms with Gasteiger partial charge in [-0.2, -0.15) is 0 Å². The molecule has 0 spiro atoms. The highest BCUT2D eigenvalue weighted by Gasteiger charge is 2.10. The van der Waals surface area contributed by atoms with E-state index in [4.69, 9.17) is 0 Å². The lowest BCUT2D eigenvalue weighted by Gasteiger charge is -2.16. The predicted octanol–water partition coefficient (Wildman–Crippen LogP) is 4.22. The Hall–Kier alpha value is -1.06. The summed E-state index contributed by atoms with van der Waals surface area (Å²) in [6, 6.07) is 9.30. The zero-order valence-corrected chi connectivity index (χ0v) is 13.0. The number of thiophene rings is 1. The summed E-state index contributed by atoms with van der Waals surface area (Å²) < 4.78 is 2.36. The maximum absolute atomic E-state index is 3.56. The van der Waals surface area contributed by atoms with E-state index in [2.05, 4.69) is 61.1 Å². The highest BCUT2D eigenvalue weighted by molar-refractivity contribution is 7.11. The van der Waals surface area contributed by atoms with Gasteiger partial charge in [-0.3, -0.25) is 0 Å². The van der Waals surface area contributed by atoms with Crippen LogP contribution in [0.4, 0.5) is 0 Å². The lowest BCUT2D eigenvalue weighted by Crippen LogP contribution is -2.21. The number of nitrogens with zero attached hydrogens (tertiary/aromatic N) is 1. The van der Waals surface area contributed by atoms with Gasteiger partial charge in [0, 0.05) is 27.7 Å². The molecule has 0 radical (unpaired) electrons. The van der Waals surface area contributed by atoms with Gasteiger partial charge in [0.2, 0.25) is 0 Å².